The van der Waals surface area contributed by atoms with Crippen LogP contribution < -0.4 is 11.2 Å². The van der Waals surface area contributed by atoms with Gasteiger partial charge in [0.15, 0.2) is 5.76 Å². The first-order valence-electron chi connectivity index (χ1n) is 8.79. The zero-order valence-electron chi connectivity index (χ0n) is 15.8. The van der Waals surface area contributed by atoms with Crippen molar-refractivity contribution in [1.29, 1.82) is 0 Å². The third-order valence-electron chi connectivity index (χ3n) is 4.14. The number of rotatable bonds is 6. The number of nitro groups is 1. The van der Waals surface area contributed by atoms with E-state index in [1.807, 2.05) is 49.4 Å². The fourth-order valence-electron chi connectivity index (χ4n) is 2.77. The molecular weight excluding hydrogens is 388 g/mol. The maximum atomic E-state index is 11.2. The van der Waals surface area contributed by atoms with Gasteiger partial charge in [0.1, 0.15) is 17.8 Å². The van der Waals surface area contributed by atoms with Gasteiger partial charge in [-0.15, -0.1) is 0 Å². The fraction of sp³-hybridized carbons (Fsp3) is 0.0526. The van der Waals surface area contributed by atoms with E-state index in [9.17, 15) is 10.1 Å². The van der Waals surface area contributed by atoms with E-state index in [2.05, 4.69) is 25.6 Å². The summed E-state index contributed by atoms with van der Waals surface area (Å²) in [5, 5.41) is 19.9. The van der Waals surface area contributed by atoms with Gasteiger partial charge in [-0.3, -0.25) is 15.5 Å². The van der Waals surface area contributed by atoms with Crippen LogP contribution in [0.5, 0.6) is 0 Å². The van der Waals surface area contributed by atoms with E-state index in [-0.39, 0.29) is 11.6 Å². The van der Waals surface area contributed by atoms with Crippen LogP contribution >= 0.6 is 0 Å². The van der Waals surface area contributed by atoms with Crippen LogP contribution in [0.3, 0.4) is 0 Å². The Kier molecular flexibility index (Phi) is 4.91. The van der Waals surface area contributed by atoms with Crippen LogP contribution in [0.25, 0.3) is 17.1 Å². The quantitative estimate of drug-likeness (QED) is 0.282. The van der Waals surface area contributed by atoms with Crippen LogP contribution in [0, 0.1) is 17.0 Å². The van der Waals surface area contributed by atoms with Crippen molar-refractivity contribution in [2.75, 3.05) is 11.2 Å². The van der Waals surface area contributed by atoms with Crippen molar-refractivity contribution in [3.63, 3.8) is 0 Å². The third-order valence-corrected chi connectivity index (χ3v) is 4.14. The van der Waals surface area contributed by atoms with Gasteiger partial charge in [-0.05, 0) is 31.2 Å². The van der Waals surface area contributed by atoms with Crippen LogP contribution in [0.4, 0.5) is 17.3 Å². The van der Waals surface area contributed by atoms with Crippen molar-refractivity contribution in [2.45, 2.75) is 6.92 Å². The van der Waals surface area contributed by atoms with Crippen LogP contribution in [0.2, 0.25) is 0 Å². The Morgan fingerprint density at radius 2 is 2.03 bits per heavy atom. The van der Waals surface area contributed by atoms with E-state index in [1.54, 1.807) is 10.9 Å². The molecule has 0 radical (unpaired) electrons. The van der Waals surface area contributed by atoms with E-state index in [0.29, 0.717) is 17.0 Å². The van der Waals surface area contributed by atoms with Crippen molar-refractivity contribution in [2.24, 2.45) is 5.10 Å². The first-order chi connectivity index (χ1) is 14.5. The number of furan rings is 1. The second-order valence-electron chi connectivity index (χ2n) is 6.21. The first-order valence-corrected chi connectivity index (χ1v) is 8.79. The van der Waals surface area contributed by atoms with Gasteiger partial charge < -0.3 is 10.2 Å². The SMILES string of the molecule is Cc1ccc(-c2nn(-c3ccccc3)cc2/C=N\Nc2ncnc(N)c2[N+](=O)[O-])o1. The topological polar surface area (TPSA) is 150 Å². The summed E-state index contributed by atoms with van der Waals surface area (Å²) in [5.74, 6) is 0.944. The molecule has 1 aromatic carbocycles. The predicted octanol–water partition coefficient (Wildman–Crippen LogP) is 3.17. The largest absolute Gasteiger partial charge is 0.460 e. The van der Waals surface area contributed by atoms with Gasteiger partial charge in [0.05, 0.1) is 16.8 Å². The van der Waals surface area contributed by atoms with Crippen molar-refractivity contribution >= 4 is 23.5 Å². The minimum atomic E-state index is -0.669. The predicted molar refractivity (Wildman–Crippen MR) is 110 cm³/mol. The molecule has 3 heterocycles. The second kappa shape index (κ2) is 7.83. The van der Waals surface area contributed by atoms with Gasteiger partial charge >= 0.3 is 5.69 Å². The van der Waals surface area contributed by atoms with E-state index in [4.69, 9.17) is 10.2 Å². The number of nitrogens with one attached hydrogen (secondary N) is 1. The summed E-state index contributed by atoms with van der Waals surface area (Å²) in [5.41, 5.74) is 9.71. The number of aromatic nitrogens is 4. The van der Waals surface area contributed by atoms with Gasteiger partial charge in [-0.25, -0.2) is 14.6 Å². The molecule has 4 aromatic rings. The van der Waals surface area contributed by atoms with E-state index >= 15 is 0 Å². The Bertz CT molecular complexity index is 1230. The molecule has 0 aliphatic heterocycles. The van der Waals surface area contributed by atoms with Crippen molar-refractivity contribution < 1.29 is 9.34 Å². The highest BCUT2D eigenvalue weighted by Gasteiger charge is 2.20. The lowest BCUT2D eigenvalue weighted by Crippen LogP contribution is -2.04. The maximum Gasteiger partial charge on any atom is 0.354 e. The number of benzene rings is 1. The van der Waals surface area contributed by atoms with E-state index in [0.717, 1.165) is 17.8 Å². The molecule has 3 aromatic heterocycles. The Morgan fingerprint density at radius 1 is 1.23 bits per heavy atom. The zero-order chi connectivity index (χ0) is 21.1. The highest BCUT2D eigenvalue weighted by molar-refractivity contribution is 5.88. The number of aryl methyl sites for hydroxylation is 1. The number of nitrogens with two attached hydrogens (primary N) is 1. The Labute approximate surface area is 170 Å². The van der Waals surface area contributed by atoms with Gasteiger partial charge in [0.25, 0.3) is 0 Å². The lowest BCUT2D eigenvalue weighted by molar-refractivity contribution is -0.383. The molecule has 0 aliphatic carbocycles. The van der Waals surface area contributed by atoms with Crippen LogP contribution in [0.15, 0.2) is 64.5 Å². The molecule has 0 aliphatic rings. The standard InChI is InChI=1S/C19H16N8O3/c1-12-7-8-15(30-12)16-13(10-26(25-16)14-5-3-2-4-6-14)9-23-24-19-17(27(28)29)18(20)21-11-22-19/h2-11H,1H3,(H3,20,21,22,24)/b23-9-. The molecule has 0 fully saturated rings. The summed E-state index contributed by atoms with van der Waals surface area (Å²) < 4.78 is 7.40. The molecule has 4 rings (SSSR count). The molecule has 0 unspecified atom stereocenters. The van der Waals surface area contributed by atoms with E-state index in [1.165, 1.54) is 6.21 Å². The molecule has 0 amide bonds. The maximum absolute atomic E-state index is 11.2. The van der Waals surface area contributed by atoms with Crippen molar-refractivity contribution in [1.82, 2.24) is 19.7 Å². The second-order valence-corrected chi connectivity index (χ2v) is 6.21. The number of hydrogen-bond acceptors (Lipinski definition) is 9. The number of hydrogen-bond donors (Lipinski definition) is 2. The molecule has 11 heteroatoms. The Morgan fingerprint density at radius 3 is 2.73 bits per heavy atom. The van der Waals surface area contributed by atoms with Gasteiger partial charge in [0.2, 0.25) is 11.6 Å². The summed E-state index contributed by atoms with van der Waals surface area (Å²) in [7, 11) is 0. The van der Waals surface area contributed by atoms with Gasteiger partial charge in [0, 0.05) is 11.8 Å². The molecule has 0 atom stereocenters. The third kappa shape index (κ3) is 3.71. The molecule has 0 bridgehead atoms. The molecule has 0 spiro atoms. The summed E-state index contributed by atoms with van der Waals surface area (Å²) in [6.45, 7) is 1.84. The summed E-state index contributed by atoms with van der Waals surface area (Å²) >= 11 is 0. The minimum absolute atomic E-state index is 0.116. The average molecular weight is 404 g/mol. The fourth-order valence-corrected chi connectivity index (χ4v) is 2.77. The summed E-state index contributed by atoms with van der Waals surface area (Å²) in [6.07, 6.45) is 4.36. The molecule has 0 saturated carbocycles. The van der Waals surface area contributed by atoms with E-state index < -0.39 is 10.6 Å². The monoisotopic (exact) mass is 404 g/mol. The average Bonchev–Trinajstić information content (AvgIpc) is 3.35. The van der Waals surface area contributed by atoms with Crippen molar-refractivity contribution in [3.05, 3.63) is 76.4 Å². The molecular formula is C19H16N8O3. The molecule has 11 nitrogen and oxygen atoms in total. The number of hydrazone groups is 1. The highest BCUT2D eigenvalue weighted by Crippen LogP contribution is 2.27. The summed E-state index contributed by atoms with van der Waals surface area (Å²) in [6, 6.07) is 13.2. The minimum Gasteiger partial charge on any atom is -0.460 e. The smallest absolute Gasteiger partial charge is 0.354 e. The van der Waals surface area contributed by atoms with Crippen LogP contribution in [-0.4, -0.2) is 30.9 Å². The zero-order valence-corrected chi connectivity index (χ0v) is 15.8. The number of anilines is 2. The molecule has 30 heavy (non-hydrogen) atoms. The van der Waals surface area contributed by atoms with Crippen LogP contribution in [-0.2, 0) is 0 Å². The van der Waals surface area contributed by atoms with Gasteiger partial charge in [-0.2, -0.15) is 10.2 Å². The molecule has 0 saturated heterocycles. The lowest BCUT2D eigenvalue weighted by atomic mass is 10.2. The number of nitrogens with zero attached hydrogens (tertiary/aromatic N) is 6. The lowest BCUT2D eigenvalue weighted by Gasteiger charge is -2.01. The Balaban J connectivity index is 1.69. The first kappa shape index (κ1) is 18.8. The normalized spacial score (nSPS) is 11.1. The summed E-state index contributed by atoms with van der Waals surface area (Å²) in [4.78, 5) is 18.0. The molecule has 3 N–H and O–H groups in total. The van der Waals surface area contributed by atoms with Crippen LogP contribution in [0.1, 0.15) is 11.3 Å². The van der Waals surface area contributed by atoms with Crippen molar-refractivity contribution in [3.8, 4) is 17.1 Å². The number of nitrogen functional groups attached to an aromatic ring is 1. The number of para-hydroxylation sites is 1. The Hall–Kier alpha value is -4.54. The highest BCUT2D eigenvalue weighted by atomic mass is 16.6. The van der Waals surface area contributed by atoms with Gasteiger partial charge in [-0.1, -0.05) is 18.2 Å². The molecule has 150 valence electrons.